The van der Waals surface area contributed by atoms with Crippen molar-refractivity contribution in [3.8, 4) is 5.75 Å². The van der Waals surface area contributed by atoms with Crippen LogP contribution in [0.5, 0.6) is 5.75 Å². The molecular weight excluding hydrogens is 210 g/mol. The third kappa shape index (κ3) is 2.43. The minimum atomic E-state index is 0.294. The van der Waals surface area contributed by atoms with Gasteiger partial charge in [0, 0.05) is 23.9 Å². The van der Waals surface area contributed by atoms with Crippen molar-refractivity contribution in [3.63, 3.8) is 0 Å². The Morgan fingerprint density at radius 1 is 1.47 bits per heavy atom. The van der Waals surface area contributed by atoms with E-state index in [1.54, 1.807) is 0 Å². The van der Waals surface area contributed by atoms with Crippen molar-refractivity contribution >= 4 is 11.6 Å². The summed E-state index contributed by atoms with van der Waals surface area (Å²) in [6, 6.07) is 4.01. The summed E-state index contributed by atoms with van der Waals surface area (Å²) in [6.45, 7) is 4.10. The van der Waals surface area contributed by atoms with Gasteiger partial charge in [-0.25, -0.2) is 0 Å². The zero-order valence-corrected chi connectivity index (χ0v) is 9.92. The van der Waals surface area contributed by atoms with Gasteiger partial charge in [-0.05, 0) is 25.5 Å². The molecule has 2 nitrogen and oxygen atoms in total. The first-order chi connectivity index (χ1) is 7.19. The summed E-state index contributed by atoms with van der Waals surface area (Å²) < 4.78 is 5.85. The number of hydrogen-bond donors (Lipinski definition) is 0. The number of halogens is 1. The van der Waals surface area contributed by atoms with E-state index >= 15 is 0 Å². The number of pyridine rings is 1. The van der Waals surface area contributed by atoms with Crippen molar-refractivity contribution in [1.29, 1.82) is 0 Å². The minimum absolute atomic E-state index is 0.294. The number of hydrogen-bond acceptors (Lipinski definition) is 2. The molecule has 0 aromatic carbocycles. The highest BCUT2D eigenvalue weighted by Crippen LogP contribution is 2.30. The monoisotopic (exact) mass is 225 g/mol. The first kappa shape index (κ1) is 10.7. The van der Waals surface area contributed by atoms with Gasteiger partial charge in [0.2, 0.25) is 0 Å². The maximum atomic E-state index is 5.91. The molecule has 1 saturated carbocycles. The van der Waals surface area contributed by atoms with E-state index in [0.717, 1.165) is 36.4 Å². The second-order valence-corrected chi connectivity index (χ2v) is 4.68. The molecule has 1 aliphatic carbocycles. The Kier molecular flexibility index (Phi) is 3.15. The van der Waals surface area contributed by atoms with E-state index in [1.165, 1.54) is 0 Å². The normalized spacial score (nSPS) is 24.7. The van der Waals surface area contributed by atoms with E-state index in [9.17, 15) is 0 Å². The molecule has 0 N–H and O–H groups in total. The quantitative estimate of drug-likeness (QED) is 0.738. The van der Waals surface area contributed by atoms with Gasteiger partial charge in [0.05, 0.1) is 5.69 Å². The number of aryl methyl sites for hydroxylation is 2. The molecule has 1 aromatic heterocycles. The first-order valence-corrected chi connectivity index (χ1v) is 5.90. The molecule has 0 bridgehead atoms. The Morgan fingerprint density at radius 2 is 2.20 bits per heavy atom. The molecule has 0 aliphatic heterocycles. The largest absolute Gasteiger partial charge is 0.488 e. The van der Waals surface area contributed by atoms with Crippen LogP contribution < -0.4 is 4.74 Å². The summed E-state index contributed by atoms with van der Waals surface area (Å²) >= 11 is 5.91. The molecule has 3 heteroatoms. The zero-order chi connectivity index (χ0) is 10.8. The topological polar surface area (TPSA) is 22.1 Å². The summed E-state index contributed by atoms with van der Waals surface area (Å²) in [5.74, 6) is 0.927. The number of aromatic nitrogens is 1. The van der Waals surface area contributed by atoms with Crippen LogP contribution in [0.1, 0.15) is 31.2 Å². The summed E-state index contributed by atoms with van der Waals surface area (Å²) in [6.07, 6.45) is 3.12. The molecular formula is C12H16ClNO. The van der Waals surface area contributed by atoms with Gasteiger partial charge in [0.1, 0.15) is 11.9 Å². The molecule has 1 heterocycles. The summed E-state index contributed by atoms with van der Waals surface area (Å²) in [4.78, 5) is 4.46. The highest BCUT2D eigenvalue weighted by Gasteiger charge is 2.29. The molecule has 0 atom stereocenters. The predicted molar refractivity (Wildman–Crippen MR) is 61.6 cm³/mol. The lowest BCUT2D eigenvalue weighted by Gasteiger charge is -2.31. The smallest absolute Gasteiger partial charge is 0.141 e. The highest BCUT2D eigenvalue weighted by atomic mass is 35.5. The lowest BCUT2D eigenvalue weighted by molar-refractivity contribution is 0.122. The lowest BCUT2D eigenvalue weighted by Crippen LogP contribution is -2.34. The van der Waals surface area contributed by atoms with Crippen LogP contribution >= 0.6 is 11.6 Å². The number of nitrogens with zero attached hydrogens (tertiary/aromatic N) is 1. The first-order valence-electron chi connectivity index (χ1n) is 5.46. The summed E-state index contributed by atoms with van der Waals surface area (Å²) in [5.41, 5.74) is 2.09. The van der Waals surface area contributed by atoms with Crippen LogP contribution in [0.25, 0.3) is 0 Å². The second kappa shape index (κ2) is 4.40. The van der Waals surface area contributed by atoms with E-state index < -0.39 is 0 Å². The number of alkyl halides is 1. The van der Waals surface area contributed by atoms with Gasteiger partial charge >= 0.3 is 0 Å². The fourth-order valence-electron chi connectivity index (χ4n) is 1.74. The molecule has 0 saturated heterocycles. The van der Waals surface area contributed by atoms with E-state index in [1.807, 2.05) is 19.1 Å². The van der Waals surface area contributed by atoms with Gasteiger partial charge in [0.15, 0.2) is 0 Å². The molecule has 1 fully saturated rings. The standard InChI is InChI=1S/C12H16ClNO/c1-3-11-12(5-4-8(2)14-11)15-10-6-9(13)7-10/h4-5,9-10H,3,6-7H2,1-2H3. The van der Waals surface area contributed by atoms with Crippen LogP contribution in [0, 0.1) is 6.92 Å². The highest BCUT2D eigenvalue weighted by molar-refractivity contribution is 6.21. The van der Waals surface area contributed by atoms with Crippen molar-refractivity contribution in [2.45, 2.75) is 44.6 Å². The van der Waals surface area contributed by atoms with Gasteiger partial charge in [-0.2, -0.15) is 0 Å². The van der Waals surface area contributed by atoms with Crippen LogP contribution in [0.3, 0.4) is 0 Å². The average molecular weight is 226 g/mol. The van der Waals surface area contributed by atoms with E-state index in [2.05, 4.69) is 11.9 Å². The average Bonchev–Trinajstić information content (AvgIpc) is 2.18. The Hall–Kier alpha value is -0.760. The third-order valence-corrected chi connectivity index (χ3v) is 3.09. The lowest BCUT2D eigenvalue weighted by atomic mass is 9.95. The zero-order valence-electron chi connectivity index (χ0n) is 9.16. The van der Waals surface area contributed by atoms with Crippen molar-refractivity contribution in [2.24, 2.45) is 0 Å². The molecule has 82 valence electrons. The van der Waals surface area contributed by atoms with E-state index in [-0.39, 0.29) is 0 Å². The Bertz CT molecular complexity index is 347. The molecule has 0 radical (unpaired) electrons. The summed E-state index contributed by atoms with van der Waals surface area (Å²) in [7, 11) is 0. The van der Waals surface area contributed by atoms with Crippen LogP contribution in [0.2, 0.25) is 0 Å². The van der Waals surface area contributed by atoms with Gasteiger partial charge < -0.3 is 4.74 Å². The van der Waals surface area contributed by atoms with Crippen LogP contribution in [-0.2, 0) is 6.42 Å². The maximum Gasteiger partial charge on any atom is 0.141 e. The molecule has 0 spiro atoms. The van der Waals surface area contributed by atoms with Crippen molar-refractivity contribution in [1.82, 2.24) is 4.98 Å². The molecule has 0 unspecified atom stereocenters. The Balaban J connectivity index is 2.07. The fraction of sp³-hybridized carbons (Fsp3) is 0.583. The van der Waals surface area contributed by atoms with Gasteiger partial charge in [-0.15, -0.1) is 11.6 Å². The molecule has 1 aromatic rings. The van der Waals surface area contributed by atoms with Crippen molar-refractivity contribution in [2.75, 3.05) is 0 Å². The third-order valence-electron chi connectivity index (χ3n) is 2.74. The van der Waals surface area contributed by atoms with E-state index in [0.29, 0.717) is 11.5 Å². The van der Waals surface area contributed by atoms with Crippen LogP contribution in [0.4, 0.5) is 0 Å². The van der Waals surface area contributed by atoms with E-state index in [4.69, 9.17) is 16.3 Å². The minimum Gasteiger partial charge on any atom is -0.488 e. The second-order valence-electron chi connectivity index (χ2n) is 4.06. The van der Waals surface area contributed by atoms with Gasteiger partial charge in [0.25, 0.3) is 0 Å². The SMILES string of the molecule is CCc1nc(C)ccc1OC1CC(Cl)C1. The molecule has 1 aliphatic rings. The molecule has 15 heavy (non-hydrogen) atoms. The maximum absolute atomic E-state index is 5.91. The summed E-state index contributed by atoms with van der Waals surface area (Å²) in [5, 5.41) is 0.304. The van der Waals surface area contributed by atoms with Crippen molar-refractivity contribution in [3.05, 3.63) is 23.5 Å². The number of rotatable bonds is 3. The fourth-order valence-corrected chi connectivity index (χ4v) is 2.13. The van der Waals surface area contributed by atoms with Crippen molar-refractivity contribution < 1.29 is 4.74 Å². The van der Waals surface area contributed by atoms with Gasteiger partial charge in [-0.1, -0.05) is 6.92 Å². The molecule has 2 rings (SSSR count). The number of ether oxygens (including phenoxy) is 1. The Morgan fingerprint density at radius 3 is 2.80 bits per heavy atom. The van der Waals surface area contributed by atoms with Gasteiger partial charge in [-0.3, -0.25) is 4.98 Å². The molecule has 0 amide bonds. The van der Waals surface area contributed by atoms with Crippen LogP contribution in [0.15, 0.2) is 12.1 Å². The van der Waals surface area contributed by atoms with Crippen LogP contribution in [-0.4, -0.2) is 16.5 Å². The Labute approximate surface area is 95.6 Å². The predicted octanol–water partition coefficient (Wildman–Crippen LogP) is 3.10.